The minimum atomic E-state index is -3.80. The quantitative estimate of drug-likeness (QED) is 0.791. The molecule has 0 saturated carbocycles. The third-order valence-corrected chi connectivity index (χ3v) is 6.22. The van der Waals surface area contributed by atoms with Crippen molar-refractivity contribution in [1.82, 2.24) is 4.72 Å². The molecule has 2 atom stereocenters. The van der Waals surface area contributed by atoms with E-state index in [1.165, 1.54) is 19.2 Å². The Bertz CT molecular complexity index is 988. The van der Waals surface area contributed by atoms with Crippen molar-refractivity contribution in [3.8, 4) is 11.5 Å². The summed E-state index contributed by atoms with van der Waals surface area (Å²) in [6, 6.07) is 9.29. The van der Waals surface area contributed by atoms with E-state index >= 15 is 0 Å². The van der Waals surface area contributed by atoms with Crippen LogP contribution >= 0.6 is 0 Å². The van der Waals surface area contributed by atoms with Crippen LogP contribution in [0.1, 0.15) is 36.9 Å². The molecular formula is C19H22N2O5S. The Morgan fingerprint density at radius 3 is 2.52 bits per heavy atom. The van der Waals surface area contributed by atoms with Crippen LogP contribution in [0.15, 0.2) is 41.3 Å². The molecule has 1 amide bonds. The zero-order chi connectivity index (χ0) is 19.8. The van der Waals surface area contributed by atoms with Crippen molar-refractivity contribution in [1.29, 1.82) is 0 Å². The van der Waals surface area contributed by atoms with Crippen molar-refractivity contribution in [3.63, 3.8) is 0 Å². The molecule has 0 radical (unpaired) electrons. The van der Waals surface area contributed by atoms with Gasteiger partial charge in [0.1, 0.15) is 11.5 Å². The molecule has 2 N–H and O–H groups in total. The Morgan fingerprint density at radius 1 is 1.11 bits per heavy atom. The van der Waals surface area contributed by atoms with Crippen molar-refractivity contribution in [3.05, 3.63) is 47.5 Å². The van der Waals surface area contributed by atoms with Crippen LogP contribution in [-0.2, 0) is 14.8 Å². The molecule has 0 spiro atoms. The molecule has 2 aromatic rings. The summed E-state index contributed by atoms with van der Waals surface area (Å²) in [6.07, 6.45) is 0. The third-order valence-electron chi connectivity index (χ3n) is 4.69. The van der Waals surface area contributed by atoms with Gasteiger partial charge in [-0.2, -0.15) is 0 Å². The fraction of sp³-hybridized carbons (Fsp3) is 0.316. The number of carbonyl (C=O) groups excluding carboxylic acids is 1. The van der Waals surface area contributed by atoms with Gasteiger partial charge in [0.2, 0.25) is 15.9 Å². The van der Waals surface area contributed by atoms with E-state index in [9.17, 15) is 13.2 Å². The molecule has 0 fully saturated rings. The third kappa shape index (κ3) is 3.63. The number of methoxy groups -OCH3 is 2. The van der Waals surface area contributed by atoms with Gasteiger partial charge in [0.05, 0.1) is 25.0 Å². The number of hydrogen-bond donors (Lipinski definition) is 2. The zero-order valence-electron chi connectivity index (χ0n) is 15.6. The number of sulfonamides is 1. The maximum Gasteiger partial charge on any atom is 0.241 e. The van der Waals surface area contributed by atoms with Gasteiger partial charge in [-0.1, -0.05) is 0 Å². The number of rotatable bonds is 6. The highest BCUT2D eigenvalue weighted by atomic mass is 32.2. The Hall–Kier alpha value is -2.58. The van der Waals surface area contributed by atoms with Crippen LogP contribution < -0.4 is 19.5 Å². The maximum absolute atomic E-state index is 12.9. The Morgan fingerprint density at radius 2 is 1.85 bits per heavy atom. The van der Waals surface area contributed by atoms with Gasteiger partial charge >= 0.3 is 0 Å². The van der Waals surface area contributed by atoms with Gasteiger partial charge in [-0.25, -0.2) is 13.1 Å². The number of benzene rings is 2. The van der Waals surface area contributed by atoms with Crippen molar-refractivity contribution >= 4 is 21.6 Å². The van der Waals surface area contributed by atoms with Gasteiger partial charge in [-0.15, -0.1) is 0 Å². The molecule has 1 aliphatic rings. The highest BCUT2D eigenvalue weighted by Crippen LogP contribution is 2.34. The molecule has 1 heterocycles. The average molecular weight is 390 g/mol. The van der Waals surface area contributed by atoms with Gasteiger partial charge in [0.25, 0.3) is 0 Å². The van der Waals surface area contributed by atoms with E-state index in [2.05, 4.69) is 10.0 Å². The predicted molar refractivity (Wildman–Crippen MR) is 102 cm³/mol. The Labute approximate surface area is 158 Å². The van der Waals surface area contributed by atoms with Crippen LogP contribution in [0, 0.1) is 0 Å². The first-order valence-corrected chi connectivity index (χ1v) is 9.94. The molecule has 0 saturated heterocycles. The first kappa shape index (κ1) is 19.2. The second-order valence-electron chi connectivity index (χ2n) is 6.41. The molecule has 8 heteroatoms. The van der Waals surface area contributed by atoms with Crippen LogP contribution in [0.3, 0.4) is 0 Å². The van der Waals surface area contributed by atoms with Crippen LogP contribution in [0.5, 0.6) is 11.5 Å². The van der Waals surface area contributed by atoms with E-state index < -0.39 is 16.1 Å². The van der Waals surface area contributed by atoms with Crippen LogP contribution in [0.4, 0.5) is 5.69 Å². The number of carbonyl (C=O) groups is 1. The Balaban J connectivity index is 1.90. The normalized spacial score (nSPS) is 17.2. The van der Waals surface area contributed by atoms with Crippen LogP contribution in [0.25, 0.3) is 0 Å². The summed E-state index contributed by atoms with van der Waals surface area (Å²) in [5, 5.41) is 2.74. The van der Waals surface area contributed by atoms with E-state index in [1.807, 2.05) is 0 Å². The molecule has 0 bridgehead atoms. The largest absolute Gasteiger partial charge is 0.497 e. The summed E-state index contributed by atoms with van der Waals surface area (Å²) in [5.74, 6) is 0.643. The molecule has 0 aromatic heterocycles. The van der Waals surface area contributed by atoms with E-state index in [4.69, 9.17) is 9.47 Å². The fourth-order valence-electron chi connectivity index (χ4n) is 3.10. The molecule has 1 aliphatic heterocycles. The summed E-state index contributed by atoms with van der Waals surface area (Å²) in [4.78, 5) is 11.9. The molecule has 7 nitrogen and oxygen atoms in total. The number of amides is 1. The highest BCUT2D eigenvalue weighted by Gasteiger charge is 2.29. The lowest BCUT2D eigenvalue weighted by molar-refractivity contribution is -0.116. The first-order valence-electron chi connectivity index (χ1n) is 8.46. The fourth-order valence-corrected chi connectivity index (χ4v) is 4.36. The van der Waals surface area contributed by atoms with Crippen LogP contribution in [0.2, 0.25) is 0 Å². The number of nitrogens with one attached hydrogen (secondary N) is 2. The topological polar surface area (TPSA) is 93.7 Å². The van der Waals surface area contributed by atoms with Crippen molar-refractivity contribution in [2.45, 2.75) is 30.7 Å². The minimum absolute atomic E-state index is 0.110. The van der Waals surface area contributed by atoms with Gasteiger partial charge < -0.3 is 14.8 Å². The molecular weight excluding hydrogens is 368 g/mol. The summed E-state index contributed by atoms with van der Waals surface area (Å²) in [5.41, 5.74) is 1.98. The van der Waals surface area contributed by atoms with Gasteiger partial charge in [-0.3, -0.25) is 4.79 Å². The second-order valence-corrected chi connectivity index (χ2v) is 8.12. The molecule has 0 unspecified atom stereocenters. The lowest BCUT2D eigenvalue weighted by Crippen LogP contribution is -2.27. The van der Waals surface area contributed by atoms with Crippen molar-refractivity contribution in [2.75, 3.05) is 19.5 Å². The van der Waals surface area contributed by atoms with Gasteiger partial charge in [-0.05, 0) is 55.8 Å². The monoisotopic (exact) mass is 390 g/mol. The summed E-state index contributed by atoms with van der Waals surface area (Å²) < 4.78 is 39.0. The average Bonchev–Trinajstić information content (AvgIpc) is 2.94. The molecule has 3 rings (SSSR count). The molecule has 27 heavy (non-hydrogen) atoms. The standard InChI is InChI=1S/C19H22N2O5S/c1-11-15-10-14(6-7-17(15)20-19(11)22)27(23,24)21-12(2)16-9-13(25-3)5-8-18(16)26-4/h5-12,21H,1-4H3,(H,20,22)/t11-,12-/m1/s1. The summed E-state index contributed by atoms with van der Waals surface area (Å²) >= 11 is 0. The van der Waals surface area contributed by atoms with E-state index in [0.29, 0.717) is 28.3 Å². The summed E-state index contributed by atoms with van der Waals surface area (Å²) in [6.45, 7) is 3.48. The van der Waals surface area contributed by atoms with Gasteiger partial charge in [0.15, 0.2) is 0 Å². The smallest absolute Gasteiger partial charge is 0.241 e. The predicted octanol–water partition coefficient (Wildman–Crippen LogP) is 2.80. The number of anilines is 1. The molecule has 2 aromatic carbocycles. The molecule has 0 aliphatic carbocycles. The second kappa shape index (κ2) is 7.21. The maximum atomic E-state index is 12.9. The van der Waals surface area contributed by atoms with Crippen LogP contribution in [-0.4, -0.2) is 28.5 Å². The Kier molecular flexibility index (Phi) is 5.12. The number of fused-ring (bicyclic) bond motifs is 1. The van der Waals surface area contributed by atoms with Gasteiger partial charge in [0, 0.05) is 17.3 Å². The first-order chi connectivity index (χ1) is 12.8. The minimum Gasteiger partial charge on any atom is -0.497 e. The number of ether oxygens (including phenoxy) is 2. The zero-order valence-corrected chi connectivity index (χ0v) is 16.4. The number of hydrogen-bond acceptors (Lipinski definition) is 5. The summed E-state index contributed by atoms with van der Waals surface area (Å²) in [7, 11) is -0.731. The highest BCUT2D eigenvalue weighted by molar-refractivity contribution is 7.89. The SMILES string of the molecule is COc1ccc(OC)c([C@@H](C)NS(=O)(=O)c2ccc3c(c2)[C@@H](C)C(=O)N3)c1. The lowest BCUT2D eigenvalue weighted by Gasteiger charge is -2.18. The lowest BCUT2D eigenvalue weighted by atomic mass is 10.0. The van der Waals surface area contributed by atoms with Crippen molar-refractivity contribution in [2.24, 2.45) is 0 Å². The van der Waals surface area contributed by atoms with E-state index in [0.717, 1.165) is 0 Å². The van der Waals surface area contributed by atoms with E-state index in [1.54, 1.807) is 45.2 Å². The molecule has 144 valence electrons. The van der Waals surface area contributed by atoms with Crippen molar-refractivity contribution < 1.29 is 22.7 Å². The van der Waals surface area contributed by atoms with E-state index in [-0.39, 0.29) is 16.7 Å².